The molecule has 0 aromatic carbocycles. The van der Waals surface area contributed by atoms with E-state index in [9.17, 15) is 19.0 Å². The predicted octanol–water partition coefficient (Wildman–Crippen LogP) is 20.7. The largest absolute Gasteiger partial charge is 0.472 e. The summed E-state index contributed by atoms with van der Waals surface area (Å²) < 4.78 is 33.1. The average molecular weight is 1090 g/mol. The zero-order valence-electron chi connectivity index (χ0n) is 49.7. The Labute approximate surface area is 469 Å². The standard InChI is InChI=1S/C66H122NO8P/c1-3-5-7-9-11-13-15-17-19-21-23-24-25-26-27-28-29-30-31-32-33-34-35-36-37-38-39-40-41-43-45-47-49-51-53-55-57-59-66(69)75-64(63-74-76(70,71)73-61-60-67)62-72-65(68)58-56-54-52-50-48-46-44-42-22-20-18-16-14-12-10-8-6-4-2/h14-17,20-23,25-26,64H,3-13,18-19,24,27-63,67H2,1-2H3,(H,70,71)/b16-14-,17-15-,22-20-,23-21-,26-25-. The fourth-order valence-corrected chi connectivity index (χ4v) is 10.1. The molecule has 0 heterocycles. The molecule has 0 aromatic rings. The number of rotatable bonds is 61. The van der Waals surface area contributed by atoms with Gasteiger partial charge in [-0.2, -0.15) is 0 Å². The smallest absolute Gasteiger partial charge is 0.462 e. The summed E-state index contributed by atoms with van der Waals surface area (Å²) in [6.07, 6.45) is 78.8. The van der Waals surface area contributed by atoms with Crippen LogP contribution >= 0.6 is 7.82 Å². The minimum absolute atomic E-state index is 0.0523. The van der Waals surface area contributed by atoms with Gasteiger partial charge in [-0.1, -0.05) is 280 Å². The third-order valence-corrected chi connectivity index (χ3v) is 15.1. The zero-order chi connectivity index (χ0) is 55.2. The van der Waals surface area contributed by atoms with Crippen molar-refractivity contribution < 1.29 is 37.6 Å². The van der Waals surface area contributed by atoms with E-state index in [0.717, 1.165) is 64.2 Å². The first kappa shape index (κ1) is 73.7. The molecule has 76 heavy (non-hydrogen) atoms. The number of hydrogen-bond donors (Lipinski definition) is 2. The highest BCUT2D eigenvalue weighted by atomic mass is 31.2. The highest BCUT2D eigenvalue weighted by Crippen LogP contribution is 2.43. The lowest BCUT2D eigenvalue weighted by molar-refractivity contribution is -0.161. The van der Waals surface area contributed by atoms with Gasteiger partial charge in [-0.25, -0.2) is 4.57 Å². The Hall–Kier alpha value is -2.29. The minimum Gasteiger partial charge on any atom is -0.462 e. The summed E-state index contributed by atoms with van der Waals surface area (Å²) in [5.74, 6) is -0.825. The molecule has 444 valence electrons. The van der Waals surface area contributed by atoms with Crippen molar-refractivity contribution >= 4 is 19.8 Å². The van der Waals surface area contributed by atoms with Crippen molar-refractivity contribution in [2.45, 2.75) is 322 Å². The average Bonchev–Trinajstić information content (AvgIpc) is 3.41. The van der Waals surface area contributed by atoms with Gasteiger partial charge in [0.15, 0.2) is 6.10 Å². The molecule has 10 heteroatoms. The highest BCUT2D eigenvalue weighted by molar-refractivity contribution is 7.47. The van der Waals surface area contributed by atoms with Crippen molar-refractivity contribution in [1.82, 2.24) is 0 Å². The van der Waals surface area contributed by atoms with Crippen molar-refractivity contribution in [3.05, 3.63) is 60.8 Å². The Kier molecular flexibility index (Phi) is 60.0. The van der Waals surface area contributed by atoms with Crippen molar-refractivity contribution in [2.24, 2.45) is 5.73 Å². The molecule has 0 saturated carbocycles. The number of nitrogens with two attached hydrogens (primary N) is 1. The summed E-state index contributed by atoms with van der Waals surface area (Å²) in [6, 6.07) is 0. The number of ether oxygens (including phenoxy) is 2. The van der Waals surface area contributed by atoms with Gasteiger partial charge < -0.3 is 20.1 Å². The maximum atomic E-state index is 12.7. The Morgan fingerprint density at radius 1 is 0.395 bits per heavy atom. The molecule has 0 aromatic heterocycles. The Morgan fingerprint density at radius 3 is 1.03 bits per heavy atom. The molecule has 0 radical (unpaired) electrons. The number of phosphoric ester groups is 1. The van der Waals surface area contributed by atoms with E-state index < -0.39 is 26.5 Å². The molecule has 3 N–H and O–H groups in total. The van der Waals surface area contributed by atoms with Gasteiger partial charge in [0.25, 0.3) is 0 Å². The molecule has 0 spiro atoms. The van der Waals surface area contributed by atoms with E-state index in [4.69, 9.17) is 24.3 Å². The third-order valence-electron chi connectivity index (χ3n) is 14.1. The Bertz CT molecular complexity index is 1430. The summed E-state index contributed by atoms with van der Waals surface area (Å²) >= 11 is 0. The van der Waals surface area contributed by atoms with Crippen molar-refractivity contribution in [1.29, 1.82) is 0 Å². The fraction of sp³-hybridized carbons (Fsp3) is 0.818. The molecule has 2 unspecified atom stereocenters. The minimum atomic E-state index is -4.39. The Morgan fingerprint density at radius 2 is 0.684 bits per heavy atom. The van der Waals surface area contributed by atoms with E-state index in [-0.39, 0.29) is 38.6 Å². The second-order valence-electron chi connectivity index (χ2n) is 21.6. The maximum Gasteiger partial charge on any atom is 0.472 e. The number of phosphoric acid groups is 1. The van der Waals surface area contributed by atoms with Crippen LogP contribution in [0.1, 0.15) is 316 Å². The maximum absolute atomic E-state index is 12.7. The van der Waals surface area contributed by atoms with Crippen LogP contribution in [0.5, 0.6) is 0 Å². The van der Waals surface area contributed by atoms with Crippen LogP contribution in [-0.2, 0) is 32.7 Å². The van der Waals surface area contributed by atoms with Crippen molar-refractivity contribution in [3.63, 3.8) is 0 Å². The van der Waals surface area contributed by atoms with Gasteiger partial charge in [0.1, 0.15) is 6.61 Å². The number of esters is 2. The van der Waals surface area contributed by atoms with Crippen LogP contribution in [0.15, 0.2) is 60.8 Å². The lowest BCUT2D eigenvalue weighted by Gasteiger charge is -2.19. The van der Waals surface area contributed by atoms with Crippen LogP contribution in [0.25, 0.3) is 0 Å². The van der Waals surface area contributed by atoms with Crippen molar-refractivity contribution in [3.8, 4) is 0 Å². The molecule has 0 aliphatic rings. The Balaban J connectivity index is 3.82. The lowest BCUT2D eigenvalue weighted by Crippen LogP contribution is -2.29. The first-order chi connectivity index (χ1) is 37.3. The number of unbranched alkanes of at least 4 members (excludes halogenated alkanes) is 38. The molecular formula is C66H122NO8P. The summed E-state index contributed by atoms with van der Waals surface area (Å²) in [5, 5.41) is 0. The molecular weight excluding hydrogens is 966 g/mol. The second kappa shape index (κ2) is 61.9. The third kappa shape index (κ3) is 60.9. The van der Waals surface area contributed by atoms with E-state index in [2.05, 4.69) is 74.6 Å². The summed E-state index contributed by atoms with van der Waals surface area (Å²) in [5.41, 5.74) is 5.39. The van der Waals surface area contributed by atoms with Gasteiger partial charge in [-0.3, -0.25) is 18.6 Å². The quantitative estimate of drug-likeness (QED) is 0.0264. The molecule has 2 atom stereocenters. The number of allylic oxidation sites excluding steroid dienone is 10. The van der Waals surface area contributed by atoms with Crippen LogP contribution in [-0.4, -0.2) is 49.3 Å². The van der Waals surface area contributed by atoms with Crippen LogP contribution in [0, 0.1) is 0 Å². The first-order valence-corrected chi connectivity index (χ1v) is 33.8. The van der Waals surface area contributed by atoms with Gasteiger partial charge >= 0.3 is 19.8 Å². The van der Waals surface area contributed by atoms with Gasteiger partial charge in [0, 0.05) is 19.4 Å². The molecule has 9 nitrogen and oxygen atoms in total. The normalized spacial score (nSPS) is 13.4. The monoisotopic (exact) mass is 1090 g/mol. The number of carbonyl (C=O) groups excluding carboxylic acids is 2. The number of carbonyl (C=O) groups is 2. The van der Waals surface area contributed by atoms with E-state index >= 15 is 0 Å². The second-order valence-corrected chi connectivity index (χ2v) is 23.1. The summed E-state index contributed by atoms with van der Waals surface area (Å²) in [7, 11) is -4.39. The van der Waals surface area contributed by atoms with Crippen LogP contribution in [0.3, 0.4) is 0 Å². The molecule has 0 amide bonds. The van der Waals surface area contributed by atoms with Gasteiger partial charge in [0.05, 0.1) is 13.2 Å². The lowest BCUT2D eigenvalue weighted by atomic mass is 10.0. The highest BCUT2D eigenvalue weighted by Gasteiger charge is 2.26. The molecule has 0 rings (SSSR count). The van der Waals surface area contributed by atoms with E-state index in [1.54, 1.807) is 0 Å². The van der Waals surface area contributed by atoms with E-state index in [1.807, 2.05) is 0 Å². The van der Waals surface area contributed by atoms with Crippen molar-refractivity contribution in [2.75, 3.05) is 26.4 Å². The van der Waals surface area contributed by atoms with E-state index in [1.165, 1.54) is 218 Å². The molecule has 0 saturated heterocycles. The molecule has 0 aliphatic carbocycles. The first-order valence-electron chi connectivity index (χ1n) is 32.3. The van der Waals surface area contributed by atoms with Crippen LogP contribution in [0.4, 0.5) is 0 Å². The van der Waals surface area contributed by atoms with Gasteiger partial charge in [0.2, 0.25) is 0 Å². The van der Waals surface area contributed by atoms with E-state index in [0.29, 0.717) is 6.42 Å². The van der Waals surface area contributed by atoms with Crippen LogP contribution in [0.2, 0.25) is 0 Å². The molecule has 0 aliphatic heterocycles. The predicted molar refractivity (Wildman–Crippen MR) is 326 cm³/mol. The summed E-state index contributed by atoms with van der Waals surface area (Å²) in [6.45, 7) is 3.74. The van der Waals surface area contributed by atoms with Crippen LogP contribution < -0.4 is 5.73 Å². The zero-order valence-corrected chi connectivity index (χ0v) is 50.6. The van der Waals surface area contributed by atoms with Gasteiger partial charge in [-0.05, 0) is 83.5 Å². The molecule has 0 fully saturated rings. The topological polar surface area (TPSA) is 134 Å². The fourth-order valence-electron chi connectivity index (χ4n) is 9.32. The number of hydrogen-bond acceptors (Lipinski definition) is 8. The SMILES string of the molecule is CCCCCC/C=C\C/C=C\CCCCCCCCCC(=O)OCC(COP(=O)(O)OCCN)OC(=O)CCCCCCCCCCCCCCCCCCCCCCCC/C=C\C/C=C\C/C=C\CCCCCCC. The molecule has 0 bridgehead atoms. The summed E-state index contributed by atoms with van der Waals surface area (Å²) in [4.78, 5) is 35.2. The van der Waals surface area contributed by atoms with Gasteiger partial charge in [-0.15, -0.1) is 0 Å².